The number of fused-ring (bicyclic) bond motifs is 1. The van der Waals surface area contributed by atoms with Crippen molar-refractivity contribution in [3.8, 4) is 0 Å². The molecule has 0 fully saturated rings. The summed E-state index contributed by atoms with van der Waals surface area (Å²) in [6.07, 6.45) is 1.47. The minimum absolute atomic E-state index is 0.152. The van der Waals surface area contributed by atoms with E-state index >= 15 is 0 Å². The van der Waals surface area contributed by atoms with Gasteiger partial charge < -0.3 is 0 Å². The quantitative estimate of drug-likeness (QED) is 0.732. The van der Waals surface area contributed by atoms with E-state index in [1.165, 1.54) is 10.6 Å². The SMILES string of the molecule is Cc1nc(Br)c2cnc(Cl)c(F)n12. The summed E-state index contributed by atoms with van der Waals surface area (Å²) in [6.45, 7) is 1.69. The molecule has 0 amide bonds. The average molecular weight is 264 g/mol. The molecule has 0 radical (unpaired) electrons. The minimum atomic E-state index is -0.588. The van der Waals surface area contributed by atoms with E-state index in [1.807, 2.05) is 0 Å². The molecule has 13 heavy (non-hydrogen) atoms. The van der Waals surface area contributed by atoms with Crippen molar-refractivity contribution in [2.75, 3.05) is 0 Å². The van der Waals surface area contributed by atoms with E-state index in [4.69, 9.17) is 11.6 Å². The molecule has 0 unspecified atom stereocenters. The summed E-state index contributed by atoms with van der Waals surface area (Å²) in [7, 11) is 0. The highest BCUT2D eigenvalue weighted by Crippen LogP contribution is 2.21. The van der Waals surface area contributed by atoms with Crippen LogP contribution in [0.1, 0.15) is 5.82 Å². The van der Waals surface area contributed by atoms with Gasteiger partial charge in [-0.05, 0) is 22.9 Å². The maximum Gasteiger partial charge on any atom is 0.237 e. The van der Waals surface area contributed by atoms with Crippen LogP contribution in [0, 0.1) is 12.9 Å². The van der Waals surface area contributed by atoms with Gasteiger partial charge in [-0.1, -0.05) is 11.6 Å². The number of imidazole rings is 1. The molecule has 3 nitrogen and oxygen atoms in total. The Morgan fingerprint density at radius 3 is 3.00 bits per heavy atom. The summed E-state index contributed by atoms with van der Waals surface area (Å²) in [5.74, 6) is -0.0569. The predicted molar refractivity (Wildman–Crippen MR) is 50.4 cm³/mol. The number of hydrogen-bond donors (Lipinski definition) is 0. The Hall–Kier alpha value is -0.680. The van der Waals surface area contributed by atoms with Crippen molar-refractivity contribution in [3.05, 3.63) is 27.7 Å². The molecule has 0 aliphatic heterocycles. The molecule has 2 heterocycles. The largest absolute Gasteiger partial charge is 0.268 e. The number of halogens is 3. The molecule has 0 aliphatic rings. The van der Waals surface area contributed by atoms with Crippen LogP contribution in [-0.2, 0) is 0 Å². The van der Waals surface area contributed by atoms with Crippen LogP contribution >= 0.6 is 27.5 Å². The summed E-state index contributed by atoms with van der Waals surface area (Å²) >= 11 is 8.71. The summed E-state index contributed by atoms with van der Waals surface area (Å²) in [5, 5.41) is -0.152. The third kappa shape index (κ3) is 1.23. The van der Waals surface area contributed by atoms with Gasteiger partial charge in [-0.25, -0.2) is 9.97 Å². The van der Waals surface area contributed by atoms with Gasteiger partial charge in [0.25, 0.3) is 0 Å². The number of hydrogen-bond acceptors (Lipinski definition) is 2. The number of nitrogens with zero attached hydrogens (tertiary/aromatic N) is 3. The molecule has 0 saturated heterocycles. The Balaban J connectivity index is 2.98. The maximum atomic E-state index is 13.4. The first-order valence-corrected chi connectivity index (χ1v) is 4.63. The molecule has 0 aliphatic carbocycles. The van der Waals surface area contributed by atoms with Gasteiger partial charge in [0.2, 0.25) is 5.95 Å². The first-order chi connectivity index (χ1) is 6.11. The molecule has 6 heteroatoms. The second-order valence-corrected chi connectivity index (χ2v) is 3.62. The van der Waals surface area contributed by atoms with Crippen LogP contribution in [0.3, 0.4) is 0 Å². The highest BCUT2D eigenvalue weighted by molar-refractivity contribution is 9.10. The highest BCUT2D eigenvalue weighted by atomic mass is 79.9. The average Bonchev–Trinajstić information content (AvgIpc) is 2.35. The molecule has 68 valence electrons. The van der Waals surface area contributed by atoms with Crippen LogP contribution < -0.4 is 0 Å². The fourth-order valence-electron chi connectivity index (χ4n) is 1.14. The van der Waals surface area contributed by atoms with Crippen molar-refractivity contribution in [2.45, 2.75) is 6.92 Å². The van der Waals surface area contributed by atoms with Crippen LogP contribution in [-0.4, -0.2) is 14.4 Å². The van der Waals surface area contributed by atoms with Gasteiger partial charge in [-0.15, -0.1) is 0 Å². The second-order valence-electron chi connectivity index (χ2n) is 2.51. The Morgan fingerprint density at radius 2 is 2.31 bits per heavy atom. The van der Waals surface area contributed by atoms with Crippen LogP contribution in [0.5, 0.6) is 0 Å². The Labute approximate surface area is 86.7 Å². The van der Waals surface area contributed by atoms with Gasteiger partial charge in [-0.2, -0.15) is 4.39 Å². The topological polar surface area (TPSA) is 30.2 Å². The van der Waals surface area contributed by atoms with Gasteiger partial charge in [-0.3, -0.25) is 4.40 Å². The van der Waals surface area contributed by atoms with E-state index < -0.39 is 5.95 Å². The maximum absolute atomic E-state index is 13.4. The monoisotopic (exact) mass is 263 g/mol. The van der Waals surface area contributed by atoms with Crippen molar-refractivity contribution in [3.63, 3.8) is 0 Å². The normalized spacial score (nSPS) is 11.1. The molecular formula is C7H4BrClFN3. The highest BCUT2D eigenvalue weighted by Gasteiger charge is 2.12. The van der Waals surface area contributed by atoms with E-state index in [0.717, 1.165) is 0 Å². The van der Waals surface area contributed by atoms with Crippen LogP contribution in [0.4, 0.5) is 4.39 Å². The lowest BCUT2D eigenvalue weighted by molar-refractivity contribution is 0.556. The molecule has 2 rings (SSSR count). The van der Waals surface area contributed by atoms with Gasteiger partial charge >= 0.3 is 0 Å². The molecule has 0 spiro atoms. The Kier molecular flexibility index (Phi) is 2.00. The number of aryl methyl sites for hydroxylation is 1. The van der Waals surface area contributed by atoms with Crippen LogP contribution in [0.25, 0.3) is 5.52 Å². The summed E-state index contributed by atoms with van der Waals surface area (Å²) in [4.78, 5) is 7.71. The third-order valence-corrected chi connectivity index (χ3v) is 2.54. The molecule has 0 bridgehead atoms. The minimum Gasteiger partial charge on any atom is -0.268 e. The zero-order chi connectivity index (χ0) is 9.59. The second kappa shape index (κ2) is 2.92. The smallest absolute Gasteiger partial charge is 0.237 e. The third-order valence-electron chi connectivity index (χ3n) is 1.70. The first-order valence-electron chi connectivity index (χ1n) is 3.46. The van der Waals surface area contributed by atoms with Crippen molar-refractivity contribution in [1.29, 1.82) is 0 Å². The lowest BCUT2D eigenvalue weighted by Gasteiger charge is -1.98. The molecule has 2 aromatic heterocycles. The van der Waals surface area contributed by atoms with E-state index in [2.05, 4.69) is 25.9 Å². The summed E-state index contributed by atoms with van der Waals surface area (Å²) < 4.78 is 15.2. The number of rotatable bonds is 0. The molecule has 0 N–H and O–H groups in total. The fraction of sp³-hybridized carbons (Fsp3) is 0.143. The Morgan fingerprint density at radius 1 is 1.62 bits per heavy atom. The fourth-order valence-corrected chi connectivity index (χ4v) is 1.81. The molecule has 0 saturated carbocycles. The molecule has 0 aromatic carbocycles. The predicted octanol–water partition coefficient (Wildman–Crippen LogP) is 2.59. The van der Waals surface area contributed by atoms with Gasteiger partial charge in [0, 0.05) is 0 Å². The van der Waals surface area contributed by atoms with Crippen molar-refractivity contribution in [2.24, 2.45) is 0 Å². The van der Waals surface area contributed by atoms with Gasteiger partial charge in [0.1, 0.15) is 15.9 Å². The molecule has 2 aromatic rings. The Bertz CT molecular complexity index is 482. The van der Waals surface area contributed by atoms with Gasteiger partial charge in [0.05, 0.1) is 6.20 Å². The van der Waals surface area contributed by atoms with Crippen molar-refractivity contribution >= 4 is 33.0 Å². The van der Waals surface area contributed by atoms with Crippen molar-refractivity contribution in [1.82, 2.24) is 14.4 Å². The van der Waals surface area contributed by atoms with Crippen LogP contribution in [0.2, 0.25) is 5.15 Å². The lowest BCUT2D eigenvalue weighted by Crippen LogP contribution is -1.97. The van der Waals surface area contributed by atoms with E-state index in [1.54, 1.807) is 6.92 Å². The molecule has 0 atom stereocenters. The van der Waals surface area contributed by atoms with E-state index in [0.29, 0.717) is 15.9 Å². The number of aromatic nitrogens is 3. The van der Waals surface area contributed by atoms with Crippen LogP contribution in [0.15, 0.2) is 10.8 Å². The van der Waals surface area contributed by atoms with E-state index in [9.17, 15) is 4.39 Å². The lowest BCUT2D eigenvalue weighted by atomic mass is 10.5. The summed E-state index contributed by atoms with van der Waals surface area (Å²) in [6, 6.07) is 0. The zero-order valence-electron chi connectivity index (χ0n) is 6.55. The van der Waals surface area contributed by atoms with Crippen molar-refractivity contribution < 1.29 is 4.39 Å². The standard InChI is InChI=1S/C7H4BrClFN3/c1-3-12-5(8)4-2-11-6(9)7(10)13(3)4/h2H,1H3. The molecular weight excluding hydrogens is 260 g/mol. The first kappa shape index (κ1) is 8.90. The van der Waals surface area contributed by atoms with Gasteiger partial charge in [0.15, 0.2) is 5.15 Å². The zero-order valence-corrected chi connectivity index (χ0v) is 8.89. The van der Waals surface area contributed by atoms with E-state index in [-0.39, 0.29) is 5.15 Å². The summed E-state index contributed by atoms with van der Waals surface area (Å²) in [5.41, 5.74) is 0.569.